The SMILES string of the molecule is Cc1ccc(-c2csc3nc(=O)c(-c4ccc(Cl)cc4)nn23)cc1. The van der Waals surface area contributed by atoms with Gasteiger partial charge in [0.1, 0.15) is 0 Å². The molecule has 0 atom stereocenters. The van der Waals surface area contributed by atoms with Crippen LogP contribution in [0.3, 0.4) is 0 Å². The average Bonchev–Trinajstić information content (AvgIpc) is 2.98. The Bertz CT molecular complexity index is 1080. The molecule has 2 heterocycles. The standard InChI is InChI=1S/C18H12ClN3OS/c1-11-2-4-12(5-3-11)15-10-24-18-20-17(23)16(21-22(15)18)13-6-8-14(19)9-7-13/h2-10H,1H3. The maximum Gasteiger partial charge on any atom is 0.300 e. The maximum atomic E-state index is 12.3. The lowest BCUT2D eigenvalue weighted by Gasteiger charge is -2.04. The number of aromatic nitrogens is 3. The van der Waals surface area contributed by atoms with E-state index in [2.05, 4.69) is 22.2 Å². The molecule has 0 saturated carbocycles. The zero-order chi connectivity index (χ0) is 16.7. The van der Waals surface area contributed by atoms with Gasteiger partial charge in [0, 0.05) is 21.5 Å². The van der Waals surface area contributed by atoms with Gasteiger partial charge in [-0.25, -0.2) is 4.52 Å². The van der Waals surface area contributed by atoms with Crippen LogP contribution in [0.5, 0.6) is 0 Å². The molecule has 0 fully saturated rings. The third-order valence-corrected chi connectivity index (χ3v) is 4.82. The van der Waals surface area contributed by atoms with E-state index >= 15 is 0 Å². The normalized spacial score (nSPS) is 11.1. The van der Waals surface area contributed by atoms with Crippen LogP contribution in [0, 0.1) is 6.92 Å². The van der Waals surface area contributed by atoms with Crippen molar-refractivity contribution in [1.29, 1.82) is 0 Å². The first-order chi connectivity index (χ1) is 11.6. The van der Waals surface area contributed by atoms with E-state index in [4.69, 9.17) is 11.6 Å². The van der Waals surface area contributed by atoms with E-state index in [1.54, 1.807) is 28.8 Å². The van der Waals surface area contributed by atoms with Crippen molar-refractivity contribution >= 4 is 27.9 Å². The van der Waals surface area contributed by atoms with Crippen molar-refractivity contribution in [3.05, 3.63) is 74.9 Å². The van der Waals surface area contributed by atoms with E-state index in [0.717, 1.165) is 11.3 Å². The molecule has 0 aliphatic rings. The summed E-state index contributed by atoms with van der Waals surface area (Å²) in [6.45, 7) is 2.05. The minimum atomic E-state index is -0.338. The third-order valence-electron chi connectivity index (χ3n) is 3.75. The molecule has 0 N–H and O–H groups in total. The van der Waals surface area contributed by atoms with Gasteiger partial charge >= 0.3 is 5.56 Å². The van der Waals surface area contributed by atoms with Gasteiger partial charge in [-0.3, -0.25) is 4.79 Å². The first-order valence-electron chi connectivity index (χ1n) is 7.33. The third kappa shape index (κ3) is 2.62. The number of hydrogen-bond acceptors (Lipinski definition) is 4. The van der Waals surface area contributed by atoms with E-state index in [-0.39, 0.29) is 5.56 Å². The highest BCUT2D eigenvalue weighted by atomic mass is 35.5. The lowest BCUT2D eigenvalue weighted by molar-refractivity contribution is 0.914. The van der Waals surface area contributed by atoms with Gasteiger partial charge in [-0.05, 0) is 19.1 Å². The van der Waals surface area contributed by atoms with Gasteiger partial charge in [-0.1, -0.05) is 53.6 Å². The van der Waals surface area contributed by atoms with Crippen LogP contribution in [-0.4, -0.2) is 14.6 Å². The number of halogens is 1. The Balaban J connectivity index is 1.92. The van der Waals surface area contributed by atoms with Crippen LogP contribution in [0.4, 0.5) is 0 Å². The Kier molecular flexibility index (Phi) is 3.67. The molecule has 2 aromatic heterocycles. The number of aryl methyl sites for hydroxylation is 1. The van der Waals surface area contributed by atoms with Gasteiger partial charge in [-0.2, -0.15) is 10.1 Å². The molecule has 0 spiro atoms. The van der Waals surface area contributed by atoms with Gasteiger partial charge < -0.3 is 0 Å². The molecule has 2 aromatic carbocycles. The average molecular weight is 354 g/mol. The lowest BCUT2D eigenvalue weighted by atomic mass is 10.1. The first kappa shape index (κ1) is 15.1. The molecule has 0 unspecified atom stereocenters. The predicted molar refractivity (Wildman–Crippen MR) is 97.8 cm³/mol. The van der Waals surface area contributed by atoms with Gasteiger partial charge in [0.2, 0.25) is 4.96 Å². The Morgan fingerprint density at radius 2 is 1.67 bits per heavy atom. The summed E-state index contributed by atoms with van der Waals surface area (Å²) < 4.78 is 1.72. The number of hydrogen-bond donors (Lipinski definition) is 0. The molecule has 0 bridgehead atoms. The van der Waals surface area contributed by atoms with Gasteiger partial charge in [0.15, 0.2) is 5.69 Å². The highest BCUT2D eigenvalue weighted by Gasteiger charge is 2.13. The second-order valence-corrected chi connectivity index (χ2v) is 6.73. The van der Waals surface area contributed by atoms with Crippen molar-refractivity contribution < 1.29 is 0 Å². The fourth-order valence-electron chi connectivity index (χ4n) is 2.47. The van der Waals surface area contributed by atoms with Crippen molar-refractivity contribution in [2.45, 2.75) is 6.92 Å². The largest absolute Gasteiger partial charge is 0.300 e. The fourth-order valence-corrected chi connectivity index (χ4v) is 3.42. The molecule has 0 amide bonds. The van der Waals surface area contributed by atoms with E-state index in [0.29, 0.717) is 21.2 Å². The van der Waals surface area contributed by atoms with Crippen LogP contribution in [0.1, 0.15) is 5.56 Å². The lowest BCUT2D eigenvalue weighted by Crippen LogP contribution is -2.14. The Hall–Kier alpha value is -2.50. The minimum Gasteiger partial charge on any atom is -0.265 e. The molecule has 0 aliphatic carbocycles. The molecule has 24 heavy (non-hydrogen) atoms. The van der Waals surface area contributed by atoms with E-state index in [1.807, 2.05) is 24.4 Å². The topological polar surface area (TPSA) is 47.3 Å². The van der Waals surface area contributed by atoms with Crippen molar-refractivity contribution in [1.82, 2.24) is 14.6 Å². The number of benzene rings is 2. The van der Waals surface area contributed by atoms with Crippen molar-refractivity contribution in [3.63, 3.8) is 0 Å². The summed E-state index contributed by atoms with van der Waals surface area (Å²) in [5, 5.41) is 7.12. The molecule has 4 aromatic rings. The zero-order valence-electron chi connectivity index (χ0n) is 12.7. The van der Waals surface area contributed by atoms with Crippen LogP contribution in [0.15, 0.2) is 58.7 Å². The van der Waals surface area contributed by atoms with Gasteiger partial charge in [0.05, 0.1) is 5.69 Å². The van der Waals surface area contributed by atoms with Gasteiger partial charge in [-0.15, -0.1) is 11.3 Å². The smallest absolute Gasteiger partial charge is 0.265 e. The second kappa shape index (κ2) is 5.85. The molecule has 0 aliphatic heterocycles. The Labute approximate surface area is 147 Å². The number of nitrogens with zero attached hydrogens (tertiary/aromatic N) is 3. The first-order valence-corrected chi connectivity index (χ1v) is 8.59. The van der Waals surface area contributed by atoms with Crippen LogP contribution in [0.25, 0.3) is 27.5 Å². The van der Waals surface area contributed by atoms with Gasteiger partial charge in [0.25, 0.3) is 0 Å². The van der Waals surface area contributed by atoms with E-state index in [1.165, 1.54) is 16.9 Å². The van der Waals surface area contributed by atoms with Crippen LogP contribution in [0.2, 0.25) is 5.02 Å². The monoisotopic (exact) mass is 353 g/mol. The Morgan fingerprint density at radius 3 is 2.38 bits per heavy atom. The number of thiazole rings is 1. The summed E-state index contributed by atoms with van der Waals surface area (Å²) in [5.74, 6) is 0. The maximum absolute atomic E-state index is 12.3. The number of fused-ring (bicyclic) bond motifs is 1. The molecular weight excluding hydrogens is 342 g/mol. The molecule has 118 valence electrons. The van der Waals surface area contributed by atoms with Crippen LogP contribution >= 0.6 is 22.9 Å². The van der Waals surface area contributed by atoms with E-state index in [9.17, 15) is 4.79 Å². The van der Waals surface area contributed by atoms with Crippen molar-refractivity contribution in [2.75, 3.05) is 0 Å². The summed E-state index contributed by atoms with van der Waals surface area (Å²) in [6.07, 6.45) is 0. The fraction of sp³-hybridized carbons (Fsp3) is 0.0556. The quantitative estimate of drug-likeness (QED) is 0.535. The number of rotatable bonds is 2. The minimum absolute atomic E-state index is 0.316. The molecular formula is C18H12ClN3OS. The summed E-state index contributed by atoms with van der Waals surface area (Å²) in [4.78, 5) is 17.0. The summed E-state index contributed by atoms with van der Waals surface area (Å²) in [7, 11) is 0. The van der Waals surface area contributed by atoms with Crippen LogP contribution < -0.4 is 5.56 Å². The highest BCUT2D eigenvalue weighted by Crippen LogP contribution is 2.25. The highest BCUT2D eigenvalue weighted by molar-refractivity contribution is 7.15. The van der Waals surface area contributed by atoms with Crippen molar-refractivity contribution in [3.8, 4) is 22.5 Å². The summed E-state index contributed by atoms with van der Waals surface area (Å²) in [5.41, 5.74) is 3.82. The predicted octanol–water partition coefficient (Wildman–Crippen LogP) is 4.45. The summed E-state index contributed by atoms with van der Waals surface area (Å²) in [6, 6.07) is 15.2. The summed E-state index contributed by atoms with van der Waals surface area (Å²) >= 11 is 7.32. The Morgan fingerprint density at radius 1 is 1.00 bits per heavy atom. The zero-order valence-corrected chi connectivity index (χ0v) is 14.3. The molecule has 0 radical (unpaired) electrons. The molecule has 4 nitrogen and oxygen atoms in total. The van der Waals surface area contributed by atoms with Crippen LogP contribution in [-0.2, 0) is 0 Å². The molecule has 0 saturated heterocycles. The van der Waals surface area contributed by atoms with E-state index < -0.39 is 0 Å². The molecule has 4 rings (SSSR count). The second-order valence-electron chi connectivity index (χ2n) is 5.45. The van der Waals surface area contributed by atoms with Crippen molar-refractivity contribution in [2.24, 2.45) is 0 Å². The molecule has 6 heteroatoms.